The van der Waals surface area contributed by atoms with Gasteiger partial charge in [0, 0.05) is 13.2 Å². The number of nitrogens with one attached hydrogen (secondary N) is 1. The highest BCUT2D eigenvalue weighted by Gasteiger charge is 2.45. The molecule has 0 saturated heterocycles. The van der Waals surface area contributed by atoms with Gasteiger partial charge in [-0.1, -0.05) is 43.2 Å². The molecule has 0 radical (unpaired) electrons. The van der Waals surface area contributed by atoms with Crippen molar-refractivity contribution in [3.63, 3.8) is 0 Å². The molecule has 0 aliphatic heterocycles. The number of rotatable bonds is 13. The van der Waals surface area contributed by atoms with E-state index in [1.807, 2.05) is 51.1 Å². The molecule has 1 N–H and O–H groups in total. The van der Waals surface area contributed by atoms with Crippen LogP contribution in [0.4, 0.5) is 0 Å². The number of hydrogen-bond acceptors (Lipinski definition) is 7. The molecule has 3 rings (SSSR count). The van der Waals surface area contributed by atoms with Gasteiger partial charge in [-0.15, -0.1) is 0 Å². The van der Waals surface area contributed by atoms with Crippen LogP contribution in [0.5, 0.6) is 0 Å². The fourth-order valence-electron chi connectivity index (χ4n) is 5.67. The highest BCUT2D eigenvalue weighted by Crippen LogP contribution is 2.44. The number of carbonyl (C=O) groups excluding carboxylic acids is 3. The molecule has 1 aromatic rings. The Bertz CT molecular complexity index is 913. The molecule has 0 bridgehead atoms. The van der Waals surface area contributed by atoms with Crippen LogP contribution in [-0.2, 0) is 39.9 Å². The van der Waals surface area contributed by atoms with Gasteiger partial charge in [-0.2, -0.15) is 0 Å². The van der Waals surface area contributed by atoms with E-state index >= 15 is 0 Å². The molecule has 0 heterocycles. The largest absolute Gasteiger partial charge is 0.461 e. The van der Waals surface area contributed by atoms with Gasteiger partial charge in [-0.05, 0) is 71.3 Å². The maximum absolute atomic E-state index is 13.7. The first kappa shape index (κ1) is 31.1. The lowest BCUT2D eigenvalue weighted by Crippen LogP contribution is -2.48. The topological polar surface area (TPSA) is 100 Å². The lowest BCUT2D eigenvalue weighted by Gasteiger charge is -2.35. The molecule has 0 aromatic heterocycles. The summed E-state index contributed by atoms with van der Waals surface area (Å²) in [6.45, 7) is 6.84. The number of methoxy groups -OCH3 is 1. The number of carbonyl (C=O) groups is 3. The van der Waals surface area contributed by atoms with Gasteiger partial charge in [0.25, 0.3) is 0 Å². The van der Waals surface area contributed by atoms with Crippen LogP contribution in [-0.4, -0.2) is 56.4 Å². The third-order valence-corrected chi connectivity index (χ3v) is 7.79. The van der Waals surface area contributed by atoms with E-state index in [1.54, 1.807) is 7.11 Å². The molecule has 39 heavy (non-hydrogen) atoms. The van der Waals surface area contributed by atoms with Gasteiger partial charge in [0.05, 0.1) is 37.1 Å². The lowest BCUT2D eigenvalue weighted by molar-refractivity contribution is -0.164. The summed E-state index contributed by atoms with van der Waals surface area (Å²) >= 11 is 0. The number of hydrogen-bond donors (Lipinski definition) is 1. The summed E-state index contributed by atoms with van der Waals surface area (Å²) in [5.41, 5.74) is -0.256. The van der Waals surface area contributed by atoms with Crippen molar-refractivity contribution in [3.05, 3.63) is 35.9 Å². The summed E-state index contributed by atoms with van der Waals surface area (Å²) in [5, 5.41) is 3.28. The van der Waals surface area contributed by atoms with E-state index < -0.39 is 16.9 Å². The summed E-state index contributed by atoms with van der Waals surface area (Å²) in [6, 6.07) is 9.70. The summed E-state index contributed by atoms with van der Waals surface area (Å²) < 4.78 is 22.0. The second-order valence-electron chi connectivity index (χ2n) is 12.1. The number of ether oxygens (including phenoxy) is 4. The molecule has 2 aliphatic carbocycles. The molecule has 2 aliphatic rings. The fraction of sp³-hybridized carbons (Fsp3) is 0.710. The molecule has 2 saturated carbocycles. The van der Waals surface area contributed by atoms with Gasteiger partial charge in [-0.25, -0.2) is 0 Å². The smallest absolute Gasteiger partial charge is 0.311 e. The first-order chi connectivity index (χ1) is 18.6. The second-order valence-corrected chi connectivity index (χ2v) is 12.1. The molecule has 8 heteroatoms. The number of amides is 1. The van der Waals surface area contributed by atoms with Crippen molar-refractivity contribution in [2.45, 2.75) is 96.8 Å². The zero-order valence-corrected chi connectivity index (χ0v) is 24.2. The zero-order chi connectivity index (χ0) is 28.3. The van der Waals surface area contributed by atoms with E-state index in [-0.39, 0.29) is 43.0 Å². The van der Waals surface area contributed by atoms with Crippen LogP contribution in [0.3, 0.4) is 0 Å². The van der Waals surface area contributed by atoms with Crippen molar-refractivity contribution in [1.29, 1.82) is 0 Å². The van der Waals surface area contributed by atoms with Crippen LogP contribution in [0.25, 0.3) is 0 Å². The predicted molar refractivity (Wildman–Crippen MR) is 148 cm³/mol. The molecule has 1 atom stereocenters. The van der Waals surface area contributed by atoms with E-state index in [9.17, 15) is 14.4 Å². The minimum Gasteiger partial charge on any atom is -0.461 e. The van der Waals surface area contributed by atoms with E-state index in [0.717, 1.165) is 44.1 Å². The SMILES string of the molecule is COCCOCC(CC1(C(=O)NC2CCC(C(=O)OCc3ccccc3)CC2)CCCC1)C(=O)OC(C)(C)C. The Balaban J connectivity index is 1.55. The maximum Gasteiger partial charge on any atom is 0.311 e. The molecule has 1 unspecified atom stereocenters. The quantitative estimate of drug-likeness (QED) is 0.276. The van der Waals surface area contributed by atoms with Crippen molar-refractivity contribution in [2.24, 2.45) is 17.3 Å². The fourth-order valence-corrected chi connectivity index (χ4v) is 5.67. The van der Waals surface area contributed by atoms with Crippen LogP contribution >= 0.6 is 0 Å². The van der Waals surface area contributed by atoms with E-state index in [0.29, 0.717) is 32.5 Å². The van der Waals surface area contributed by atoms with Gasteiger partial charge in [-0.3, -0.25) is 14.4 Å². The van der Waals surface area contributed by atoms with Gasteiger partial charge in [0.1, 0.15) is 12.2 Å². The van der Waals surface area contributed by atoms with Crippen LogP contribution in [0.2, 0.25) is 0 Å². The summed E-state index contributed by atoms with van der Waals surface area (Å²) in [4.78, 5) is 39.4. The summed E-state index contributed by atoms with van der Waals surface area (Å²) in [5.74, 6) is -1.14. The normalized spacial score (nSPS) is 21.6. The minimum absolute atomic E-state index is 0.0144. The highest BCUT2D eigenvalue weighted by atomic mass is 16.6. The predicted octanol–water partition coefficient (Wildman–Crippen LogP) is 4.98. The monoisotopic (exact) mass is 545 g/mol. The van der Waals surface area contributed by atoms with Crippen LogP contribution in [0, 0.1) is 17.3 Å². The van der Waals surface area contributed by atoms with Crippen LogP contribution in [0.1, 0.15) is 84.1 Å². The Kier molecular flexibility index (Phi) is 11.8. The second kappa shape index (κ2) is 14.8. The molecule has 1 amide bonds. The Morgan fingerprint density at radius 2 is 1.67 bits per heavy atom. The summed E-state index contributed by atoms with van der Waals surface area (Å²) in [6.07, 6.45) is 6.68. The van der Waals surface area contributed by atoms with Gasteiger partial charge in [0.15, 0.2) is 0 Å². The van der Waals surface area contributed by atoms with Gasteiger partial charge in [0.2, 0.25) is 5.91 Å². The van der Waals surface area contributed by atoms with Gasteiger partial charge < -0.3 is 24.3 Å². The van der Waals surface area contributed by atoms with E-state index in [2.05, 4.69) is 5.32 Å². The molecule has 8 nitrogen and oxygen atoms in total. The van der Waals surface area contributed by atoms with Crippen molar-refractivity contribution in [1.82, 2.24) is 5.32 Å². The average Bonchev–Trinajstić information content (AvgIpc) is 3.39. The van der Waals surface area contributed by atoms with Crippen molar-refractivity contribution < 1.29 is 33.3 Å². The molecule has 0 spiro atoms. The number of benzene rings is 1. The highest BCUT2D eigenvalue weighted by molar-refractivity contribution is 5.84. The molecule has 1 aromatic carbocycles. The van der Waals surface area contributed by atoms with Crippen molar-refractivity contribution >= 4 is 17.8 Å². The third kappa shape index (κ3) is 9.91. The maximum atomic E-state index is 13.7. The Hall–Kier alpha value is -2.45. The first-order valence-electron chi connectivity index (χ1n) is 14.4. The van der Waals surface area contributed by atoms with Crippen LogP contribution in [0.15, 0.2) is 30.3 Å². The zero-order valence-electron chi connectivity index (χ0n) is 24.2. The minimum atomic E-state index is -0.617. The summed E-state index contributed by atoms with van der Waals surface area (Å²) in [7, 11) is 1.60. The van der Waals surface area contributed by atoms with Gasteiger partial charge >= 0.3 is 11.9 Å². The van der Waals surface area contributed by atoms with Crippen molar-refractivity contribution in [2.75, 3.05) is 26.9 Å². The van der Waals surface area contributed by atoms with E-state index in [4.69, 9.17) is 18.9 Å². The Morgan fingerprint density at radius 1 is 1.00 bits per heavy atom. The number of esters is 2. The van der Waals surface area contributed by atoms with Crippen molar-refractivity contribution in [3.8, 4) is 0 Å². The average molecular weight is 546 g/mol. The Labute approximate surface area is 233 Å². The first-order valence-corrected chi connectivity index (χ1v) is 14.4. The standard InChI is InChI=1S/C31H47NO7/c1-30(2,3)39-28(34)25(22-37-19-18-36-4)20-31(16-8-9-17-31)29(35)32-26-14-12-24(13-15-26)27(33)38-21-23-10-6-5-7-11-23/h5-7,10-11,24-26H,8-9,12-22H2,1-4H3,(H,32,35). The lowest BCUT2D eigenvalue weighted by atomic mass is 9.76. The third-order valence-electron chi connectivity index (χ3n) is 7.79. The molecular weight excluding hydrogens is 498 g/mol. The molecule has 218 valence electrons. The Morgan fingerprint density at radius 3 is 2.28 bits per heavy atom. The molecule has 2 fully saturated rings. The van der Waals surface area contributed by atoms with Crippen LogP contribution < -0.4 is 5.32 Å². The molecular formula is C31H47NO7. The van der Waals surface area contributed by atoms with E-state index in [1.165, 1.54) is 0 Å².